The Morgan fingerprint density at radius 3 is 2.54 bits per heavy atom. The van der Waals surface area contributed by atoms with E-state index in [9.17, 15) is 4.79 Å². The molecule has 0 amide bonds. The van der Waals surface area contributed by atoms with Crippen molar-refractivity contribution in [1.29, 1.82) is 0 Å². The Balaban J connectivity index is 3.63. The number of carboxylic acids is 1. The van der Waals surface area contributed by atoms with Crippen LogP contribution < -0.4 is 0 Å². The van der Waals surface area contributed by atoms with Gasteiger partial charge in [0.15, 0.2) is 0 Å². The molecule has 0 aliphatic carbocycles. The quantitative estimate of drug-likeness (QED) is 0.389. The minimum atomic E-state index is -0.790. The molecule has 0 aromatic rings. The van der Waals surface area contributed by atoms with E-state index < -0.39 is 5.97 Å². The molecule has 74 valence electrons. The largest absolute Gasteiger partial charge is 0.478 e. The Bertz CT molecular complexity index is 202. The van der Waals surface area contributed by atoms with Crippen molar-refractivity contribution in [2.75, 3.05) is 0 Å². The second kappa shape index (κ2) is 7.59. The fraction of sp³-hybridized carbons (Fsp3) is 0.545. The van der Waals surface area contributed by atoms with Crippen molar-refractivity contribution < 1.29 is 9.90 Å². The Labute approximate surface area is 80.0 Å². The lowest BCUT2D eigenvalue weighted by atomic mass is 10.1. The zero-order chi connectivity index (χ0) is 10.1. The molecular formula is C11H18O2. The van der Waals surface area contributed by atoms with Gasteiger partial charge in [-0.25, -0.2) is 4.79 Å². The van der Waals surface area contributed by atoms with Gasteiger partial charge in [-0.15, -0.1) is 0 Å². The number of hydrogen-bond donors (Lipinski definition) is 1. The highest BCUT2D eigenvalue weighted by Gasteiger charge is 2.03. The first-order valence-electron chi connectivity index (χ1n) is 4.75. The summed E-state index contributed by atoms with van der Waals surface area (Å²) >= 11 is 0. The molecule has 0 bridgehead atoms. The molecule has 0 unspecified atom stereocenters. The van der Waals surface area contributed by atoms with E-state index in [1.54, 1.807) is 13.0 Å². The SMILES string of the molecule is CC=C(CCCC=CCC)C(=O)O. The predicted octanol–water partition coefficient (Wildman–Crippen LogP) is 3.15. The van der Waals surface area contributed by atoms with Crippen molar-refractivity contribution in [1.82, 2.24) is 0 Å². The molecule has 0 rings (SSSR count). The number of carbonyl (C=O) groups is 1. The lowest BCUT2D eigenvalue weighted by molar-refractivity contribution is -0.132. The fourth-order valence-corrected chi connectivity index (χ4v) is 1.07. The first kappa shape index (κ1) is 11.9. The Kier molecular flexibility index (Phi) is 6.98. The molecule has 0 spiro atoms. The zero-order valence-electron chi connectivity index (χ0n) is 8.42. The highest BCUT2D eigenvalue weighted by Crippen LogP contribution is 2.07. The van der Waals surface area contributed by atoms with Crippen LogP contribution in [0.1, 0.15) is 39.5 Å². The molecule has 0 aromatic heterocycles. The number of rotatable bonds is 6. The van der Waals surface area contributed by atoms with Crippen LogP contribution in [0.2, 0.25) is 0 Å². The molecule has 2 heteroatoms. The second-order valence-corrected chi connectivity index (χ2v) is 2.89. The number of allylic oxidation sites excluding steroid dienone is 3. The van der Waals surface area contributed by atoms with Crippen LogP contribution in [0.25, 0.3) is 0 Å². The molecule has 0 saturated heterocycles. The minimum Gasteiger partial charge on any atom is -0.478 e. The van der Waals surface area contributed by atoms with E-state index in [-0.39, 0.29) is 0 Å². The molecule has 0 aliphatic rings. The van der Waals surface area contributed by atoms with Crippen LogP contribution in [0.3, 0.4) is 0 Å². The van der Waals surface area contributed by atoms with E-state index in [4.69, 9.17) is 5.11 Å². The zero-order valence-corrected chi connectivity index (χ0v) is 8.42. The van der Waals surface area contributed by atoms with Crippen molar-refractivity contribution in [3.8, 4) is 0 Å². The molecule has 1 N–H and O–H groups in total. The Morgan fingerprint density at radius 2 is 2.08 bits per heavy atom. The summed E-state index contributed by atoms with van der Waals surface area (Å²) in [7, 11) is 0. The third-order valence-electron chi connectivity index (χ3n) is 1.84. The summed E-state index contributed by atoms with van der Waals surface area (Å²) < 4.78 is 0. The molecule has 0 radical (unpaired) electrons. The van der Waals surface area contributed by atoms with Gasteiger partial charge >= 0.3 is 5.97 Å². The summed E-state index contributed by atoms with van der Waals surface area (Å²) in [5, 5.41) is 8.69. The summed E-state index contributed by atoms with van der Waals surface area (Å²) in [4.78, 5) is 10.6. The van der Waals surface area contributed by atoms with E-state index in [0.717, 1.165) is 19.3 Å². The second-order valence-electron chi connectivity index (χ2n) is 2.89. The van der Waals surface area contributed by atoms with Gasteiger partial charge in [0.2, 0.25) is 0 Å². The van der Waals surface area contributed by atoms with Crippen molar-refractivity contribution in [3.05, 3.63) is 23.8 Å². The third kappa shape index (κ3) is 6.14. The van der Waals surface area contributed by atoms with E-state index >= 15 is 0 Å². The standard InChI is InChI=1S/C11H18O2/c1-3-5-6-7-8-9-10(4-2)11(12)13/h4-6H,3,7-9H2,1-2H3,(H,12,13). The first-order valence-corrected chi connectivity index (χ1v) is 4.75. The fourth-order valence-electron chi connectivity index (χ4n) is 1.07. The van der Waals surface area contributed by atoms with Crippen LogP contribution in [-0.2, 0) is 4.79 Å². The van der Waals surface area contributed by atoms with Crippen molar-refractivity contribution in [2.45, 2.75) is 39.5 Å². The average molecular weight is 182 g/mol. The maximum atomic E-state index is 10.6. The predicted molar refractivity (Wildman–Crippen MR) is 54.7 cm³/mol. The van der Waals surface area contributed by atoms with Gasteiger partial charge in [0.25, 0.3) is 0 Å². The summed E-state index contributed by atoms with van der Waals surface area (Å²) in [6, 6.07) is 0. The van der Waals surface area contributed by atoms with Crippen LogP contribution in [0.5, 0.6) is 0 Å². The van der Waals surface area contributed by atoms with Crippen molar-refractivity contribution >= 4 is 5.97 Å². The van der Waals surface area contributed by atoms with E-state index in [0.29, 0.717) is 12.0 Å². The van der Waals surface area contributed by atoms with E-state index in [1.807, 2.05) is 0 Å². The molecule has 0 heterocycles. The molecule has 0 aromatic carbocycles. The average Bonchev–Trinajstić information content (AvgIpc) is 2.10. The Hall–Kier alpha value is -1.05. The van der Waals surface area contributed by atoms with Gasteiger partial charge in [0, 0.05) is 5.57 Å². The molecular weight excluding hydrogens is 164 g/mol. The third-order valence-corrected chi connectivity index (χ3v) is 1.84. The smallest absolute Gasteiger partial charge is 0.331 e. The topological polar surface area (TPSA) is 37.3 Å². The highest BCUT2D eigenvalue weighted by atomic mass is 16.4. The van der Waals surface area contributed by atoms with Gasteiger partial charge in [-0.05, 0) is 32.6 Å². The number of unbranched alkanes of at least 4 members (excludes halogenated alkanes) is 1. The van der Waals surface area contributed by atoms with E-state index in [2.05, 4.69) is 19.1 Å². The van der Waals surface area contributed by atoms with Gasteiger partial charge in [-0.3, -0.25) is 0 Å². The van der Waals surface area contributed by atoms with Crippen molar-refractivity contribution in [2.24, 2.45) is 0 Å². The molecule has 13 heavy (non-hydrogen) atoms. The van der Waals surface area contributed by atoms with Crippen LogP contribution >= 0.6 is 0 Å². The summed E-state index contributed by atoms with van der Waals surface area (Å²) in [5.41, 5.74) is 0.518. The molecule has 0 aliphatic heterocycles. The summed E-state index contributed by atoms with van der Waals surface area (Å²) in [5.74, 6) is -0.790. The lowest BCUT2D eigenvalue weighted by Gasteiger charge is -1.98. The summed E-state index contributed by atoms with van der Waals surface area (Å²) in [6.45, 7) is 3.86. The first-order chi connectivity index (χ1) is 6.22. The minimum absolute atomic E-state index is 0.518. The monoisotopic (exact) mass is 182 g/mol. The molecule has 0 atom stereocenters. The van der Waals surface area contributed by atoms with Crippen LogP contribution in [0.4, 0.5) is 0 Å². The maximum absolute atomic E-state index is 10.6. The van der Waals surface area contributed by atoms with Crippen LogP contribution in [0.15, 0.2) is 23.8 Å². The molecule has 2 nitrogen and oxygen atoms in total. The highest BCUT2D eigenvalue weighted by molar-refractivity contribution is 5.86. The number of hydrogen-bond acceptors (Lipinski definition) is 1. The number of carboxylic acid groups (broad SMARTS) is 1. The summed E-state index contributed by atoms with van der Waals surface area (Å²) in [6.07, 6.45) is 9.49. The van der Waals surface area contributed by atoms with Gasteiger partial charge in [-0.2, -0.15) is 0 Å². The van der Waals surface area contributed by atoms with Crippen LogP contribution in [-0.4, -0.2) is 11.1 Å². The van der Waals surface area contributed by atoms with Gasteiger partial charge in [0.1, 0.15) is 0 Å². The van der Waals surface area contributed by atoms with Crippen molar-refractivity contribution in [3.63, 3.8) is 0 Å². The molecule has 0 fully saturated rings. The lowest BCUT2D eigenvalue weighted by Crippen LogP contribution is -1.99. The van der Waals surface area contributed by atoms with Gasteiger partial charge in [0.05, 0.1) is 0 Å². The number of aliphatic carboxylic acids is 1. The maximum Gasteiger partial charge on any atom is 0.331 e. The Morgan fingerprint density at radius 1 is 1.38 bits per heavy atom. The van der Waals surface area contributed by atoms with E-state index in [1.165, 1.54) is 0 Å². The van der Waals surface area contributed by atoms with Gasteiger partial charge < -0.3 is 5.11 Å². The van der Waals surface area contributed by atoms with Crippen LogP contribution in [0, 0.1) is 0 Å². The van der Waals surface area contributed by atoms with Gasteiger partial charge in [-0.1, -0.05) is 25.2 Å². The normalized spacial score (nSPS) is 12.3. The molecule has 0 saturated carbocycles.